The molecule has 1 aromatic carbocycles. The van der Waals surface area contributed by atoms with Gasteiger partial charge in [0.05, 0.1) is 5.75 Å². The van der Waals surface area contributed by atoms with Gasteiger partial charge in [-0.3, -0.25) is 10.1 Å². The van der Waals surface area contributed by atoms with Crippen LogP contribution in [0.3, 0.4) is 0 Å². The second-order valence-corrected chi connectivity index (χ2v) is 7.32. The fourth-order valence-corrected chi connectivity index (χ4v) is 3.62. The molecule has 1 N–H and O–H groups in total. The van der Waals surface area contributed by atoms with Crippen molar-refractivity contribution in [3.8, 4) is 0 Å². The fourth-order valence-electron chi connectivity index (χ4n) is 1.78. The third-order valence-electron chi connectivity index (χ3n) is 3.03. The Kier molecular flexibility index (Phi) is 4.77. The van der Waals surface area contributed by atoms with E-state index in [0.29, 0.717) is 16.8 Å². The fraction of sp³-hybridized carbons (Fsp3) is 0.357. The maximum absolute atomic E-state index is 11.8. The summed E-state index contributed by atoms with van der Waals surface area (Å²) in [5.41, 5.74) is 1.16. The van der Waals surface area contributed by atoms with Gasteiger partial charge >= 0.3 is 0 Å². The molecular weight excluding hydrogens is 326 g/mol. The first-order valence-electron chi connectivity index (χ1n) is 6.66. The van der Waals surface area contributed by atoms with E-state index in [1.807, 2.05) is 24.3 Å². The molecule has 1 fully saturated rings. The minimum absolute atomic E-state index is 0.0348. The zero-order valence-corrected chi connectivity index (χ0v) is 13.6. The first kappa shape index (κ1) is 14.8. The van der Waals surface area contributed by atoms with Gasteiger partial charge < -0.3 is 0 Å². The number of halogens is 1. The van der Waals surface area contributed by atoms with Crippen LogP contribution in [0.25, 0.3) is 0 Å². The highest BCUT2D eigenvalue weighted by molar-refractivity contribution is 7.99. The van der Waals surface area contributed by atoms with Crippen molar-refractivity contribution < 1.29 is 4.79 Å². The number of anilines is 1. The summed E-state index contributed by atoms with van der Waals surface area (Å²) < 4.78 is 0. The molecule has 1 heterocycles. The number of thioether (sulfide) groups is 1. The lowest BCUT2D eigenvalue weighted by atomic mass is 10.2. The van der Waals surface area contributed by atoms with Crippen LogP contribution in [0.15, 0.2) is 24.3 Å². The number of nitrogens with one attached hydrogen (secondary N) is 1. The average molecular weight is 340 g/mol. The van der Waals surface area contributed by atoms with E-state index >= 15 is 0 Å². The molecule has 4 nitrogen and oxygen atoms in total. The summed E-state index contributed by atoms with van der Waals surface area (Å²) in [6.07, 6.45) is 2.39. The van der Waals surface area contributed by atoms with Crippen LogP contribution < -0.4 is 5.32 Å². The van der Waals surface area contributed by atoms with Crippen molar-refractivity contribution in [2.75, 3.05) is 11.1 Å². The number of carbonyl (C=O) groups excluding carboxylic acids is 1. The maximum atomic E-state index is 11.8. The van der Waals surface area contributed by atoms with Crippen LogP contribution in [0.2, 0.25) is 5.02 Å². The van der Waals surface area contributed by atoms with Crippen LogP contribution in [0.5, 0.6) is 0 Å². The Morgan fingerprint density at radius 1 is 1.33 bits per heavy atom. The third-order valence-corrected chi connectivity index (χ3v) is 5.29. The number of aromatic nitrogens is 2. The summed E-state index contributed by atoms with van der Waals surface area (Å²) >= 11 is 8.88. The first-order chi connectivity index (χ1) is 10.2. The number of carbonyl (C=O) groups is 1. The summed E-state index contributed by atoms with van der Waals surface area (Å²) in [7, 11) is 0. The molecule has 1 amide bonds. The molecule has 0 spiro atoms. The van der Waals surface area contributed by atoms with E-state index in [1.54, 1.807) is 11.8 Å². The summed E-state index contributed by atoms with van der Waals surface area (Å²) in [6, 6.07) is 7.66. The van der Waals surface area contributed by atoms with Gasteiger partial charge in [-0.15, -0.1) is 22.0 Å². The van der Waals surface area contributed by atoms with Gasteiger partial charge in [-0.25, -0.2) is 0 Å². The van der Waals surface area contributed by atoms with E-state index in [-0.39, 0.29) is 5.91 Å². The Morgan fingerprint density at radius 2 is 2.10 bits per heavy atom. The predicted molar refractivity (Wildman–Crippen MR) is 88.1 cm³/mol. The maximum Gasteiger partial charge on any atom is 0.236 e. The van der Waals surface area contributed by atoms with Crippen LogP contribution >= 0.6 is 34.7 Å². The second kappa shape index (κ2) is 6.77. The average Bonchev–Trinajstić information content (AvgIpc) is 3.22. The monoisotopic (exact) mass is 339 g/mol. The van der Waals surface area contributed by atoms with E-state index in [1.165, 1.54) is 24.2 Å². The second-order valence-electron chi connectivity index (χ2n) is 4.89. The lowest BCUT2D eigenvalue weighted by Crippen LogP contribution is -2.13. The summed E-state index contributed by atoms with van der Waals surface area (Å²) in [6.45, 7) is 0. The van der Waals surface area contributed by atoms with Crippen molar-refractivity contribution in [2.45, 2.75) is 24.5 Å². The normalized spacial score (nSPS) is 14.1. The molecule has 1 saturated carbocycles. The summed E-state index contributed by atoms with van der Waals surface area (Å²) in [4.78, 5) is 11.8. The van der Waals surface area contributed by atoms with E-state index in [0.717, 1.165) is 21.3 Å². The lowest BCUT2D eigenvalue weighted by molar-refractivity contribution is -0.113. The molecule has 1 aromatic heterocycles. The van der Waals surface area contributed by atoms with Crippen molar-refractivity contribution >= 4 is 45.7 Å². The zero-order chi connectivity index (χ0) is 14.7. The molecule has 0 bridgehead atoms. The highest BCUT2D eigenvalue weighted by Gasteiger charge is 2.27. The van der Waals surface area contributed by atoms with Crippen molar-refractivity contribution in [2.24, 2.45) is 0 Å². The first-order valence-corrected chi connectivity index (χ1v) is 9.01. The van der Waals surface area contributed by atoms with Crippen molar-refractivity contribution in [3.05, 3.63) is 39.9 Å². The van der Waals surface area contributed by atoms with Gasteiger partial charge in [0.25, 0.3) is 0 Å². The largest absolute Gasteiger partial charge is 0.300 e. The van der Waals surface area contributed by atoms with Crippen molar-refractivity contribution in [1.82, 2.24) is 10.2 Å². The van der Waals surface area contributed by atoms with Gasteiger partial charge in [0, 0.05) is 16.7 Å². The van der Waals surface area contributed by atoms with Gasteiger partial charge in [-0.2, -0.15) is 0 Å². The van der Waals surface area contributed by atoms with E-state index in [4.69, 9.17) is 11.6 Å². The smallest absolute Gasteiger partial charge is 0.236 e. The number of nitrogens with zero attached hydrogens (tertiary/aromatic N) is 2. The van der Waals surface area contributed by atoms with Crippen LogP contribution in [0, 0.1) is 0 Å². The van der Waals surface area contributed by atoms with Gasteiger partial charge in [-0.05, 0) is 30.5 Å². The minimum atomic E-state index is -0.0348. The van der Waals surface area contributed by atoms with Gasteiger partial charge in [-0.1, -0.05) is 35.1 Å². The number of amides is 1. The molecule has 3 rings (SSSR count). The molecule has 110 valence electrons. The molecule has 21 heavy (non-hydrogen) atoms. The zero-order valence-electron chi connectivity index (χ0n) is 11.2. The lowest BCUT2D eigenvalue weighted by Gasteiger charge is -2.02. The number of benzene rings is 1. The van der Waals surface area contributed by atoms with Crippen LogP contribution in [0.4, 0.5) is 5.13 Å². The number of rotatable bonds is 6. The molecule has 1 aliphatic carbocycles. The topological polar surface area (TPSA) is 54.9 Å². The molecule has 0 atom stereocenters. The number of hydrogen-bond acceptors (Lipinski definition) is 5. The Morgan fingerprint density at radius 3 is 2.81 bits per heavy atom. The Labute approximate surface area is 136 Å². The Bertz CT molecular complexity index is 625. The molecule has 0 aliphatic heterocycles. The van der Waals surface area contributed by atoms with Gasteiger partial charge in [0.2, 0.25) is 11.0 Å². The number of hydrogen-bond donors (Lipinski definition) is 1. The molecule has 2 aromatic rings. The van der Waals surface area contributed by atoms with Crippen molar-refractivity contribution in [3.63, 3.8) is 0 Å². The third kappa shape index (κ3) is 4.43. The van der Waals surface area contributed by atoms with Crippen LogP contribution in [0.1, 0.15) is 29.3 Å². The highest BCUT2D eigenvalue weighted by Crippen LogP contribution is 2.42. The minimum Gasteiger partial charge on any atom is -0.300 e. The molecule has 0 radical (unpaired) electrons. The van der Waals surface area contributed by atoms with Crippen LogP contribution in [-0.4, -0.2) is 21.9 Å². The SMILES string of the molecule is O=C(CSCc1ccc(Cl)cc1)Nc1nnc(C2CC2)s1. The quantitative estimate of drug-likeness (QED) is 0.866. The van der Waals surface area contributed by atoms with E-state index < -0.39 is 0 Å². The molecule has 7 heteroatoms. The highest BCUT2D eigenvalue weighted by atomic mass is 35.5. The molecule has 0 unspecified atom stereocenters. The summed E-state index contributed by atoms with van der Waals surface area (Å²) in [5, 5.41) is 13.3. The van der Waals surface area contributed by atoms with Gasteiger partial charge in [0.15, 0.2) is 0 Å². The Balaban J connectivity index is 1.42. The van der Waals surface area contributed by atoms with Gasteiger partial charge in [0.1, 0.15) is 5.01 Å². The molecule has 0 saturated heterocycles. The summed E-state index contributed by atoms with van der Waals surface area (Å²) in [5.74, 6) is 1.73. The van der Waals surface area contributed by atoms with Crippen molar-refractivity contribution in [1.29, 1.82) is 0 Å². The van der Waals surface area contributed by atoms with E-state index in [9.17, 15) is 4.79 Å². The predicted octanol–water partition coefficient (Wildman–Crippen LogP) is 3.94. The van der Waals surface area contributed by atoms with Crippen LogP contribution in [-0.2, 0) is 10.5 Å². The standard InChI is InChI=1S/C14H14ClN3OS2/c15-11-5-1-9(2-6-11)7-20-8-12(19)16-14-18-17-13(21-14)10-3-4-10/h1-2,5-6,10H,3-4,7-8H2,(H,16,18,19). The van der Waals surface area contributed by atoms with E-state index in [2.05, 4.69) is 15.5 Å². The molecular formula is C14H14ClN3OS2. The Hall–Kier alpha value is -1.11. The molecule has 1 aliphatic rings.